The summed E-state index contributed by atoms with van der Waals surface area (Å²) in [6.45, 7) is 2.51. The number of benzene rings is 2. The third-order valence-electron chi connectivity index (χ3n) is 4.26. The van der Waals surface area contributed by atoms with E-state index in [-0.39, 0.29) is 11.4 Å². The second kappa shape index (κ2) is 8.37. The van der Waals surface area contributed by atoms with E-state index in [0.29, 0.717) is 18.7 Å². The highest BCUT2D eigenvalue weighted by Gasteiger charge is 2.20. The summed E-state index contributed by atoms with van der Waals surface area (Å²) in [6.07, 6.45) is 2.12. The van der Waals surface area contributed by atoms with E-state index >= 15 is 0 Å². The molecule has 0 aliphatic rings. The zero-order valence-corrected chi connectivity index (χ0v) is 16.2. The first kappa shape index (κ1) is 19.1. The van der Waals surface area contributed by atoms with Gasteiger partial charge in [0.1, 0.15) is 10.6 Å². The summed E-state index contributed by atoms with van der Waals surface area (Å²) in [5.74, 6) is 0.753. The van der Waals surface area contributed by atoms with Crippen LogP contribution in [-0.4, -0.2) is 31.9 Å². The molecule has 6 nitrogen and oxygen atoms in total. The van der Waals surface area contributed by atoms with Crippen molar-refractivity contribution in [3.63, 3.8) is 0 Å². The predicted molar refractivity (Wildman–Crippen MR) is 104 cm³/mol. The van der Waals surface area contributed by atoms with Gasteiger partial charge >= 0.3 is 0 Å². The lowest BCUT2D eigenvalue weighted by Gasteiger charge is -2.09. The lowest BCUT2D eigenvalue weighted by molar-refractivity contribution is 0.409. The predicted octanol–water partition coefficient (Wildman–Crippen LogP) is 2.77. The largest absolute Gasteiger partial charge is 0.496 e. The highest BCUT2D eigenvalue weighted by molar-refractivity contribution is 7.89. The maximum absolute atomic E-state index is 12.7. The summed E-state index contributed by atoms with van der Waals surface area (Å²) in [5.41, 5.74) is 2.50. The molecule has 0 unspecified atom stereocenters. The molecule has 0 saturated heterocycles. The van der Waals surface area contributed by atoms with Crippen LogP contribution in [-0.2, 0) is 23.0 Å². The van der Waals surface area contributed by atoms with Crippen molar-refractivity contribution in [1.82, 2.24) is 14.5 Å². The zero-order valence-electron chi connectivity index (χ0n) is 15.4. The quantitative estimate of drug-likeness (QED) is 0.647. The van der Waals surface area contributed by atoms with Crippen LogP contribution in [0.25, 0.3) is 0 Å². The molecule has 1 aromatic heterocycles. The van der Waals surface area contributed by atoms with E-state index in [2.05, 4.69) is 9.82 Å². The Kier molecular flexibility index (Phi) is 5.93. The molecule has 27 heavy (non-hydrogen) atoms. The molecular formula is C20H23N3O3S. The number of nitrogens with one attached hydrogen (secondary N) is 1. The number of methoxy groups -OCH3 is 1. The maximum Gasteiger partial charge on any atom is 0.243 e. The van der Waals surface area contributed by atoms with Gasteiger partial charge in [-0.1, -0.05) is 48.5 Å². The normalized spacial score (nSPS) is 11.5. The van der Waals surface area contributed by atoms with E-state index in [1.165, 1.54) is 0 Å². The molecule has 1 N–H and O–H groups in total. The van der Waals surface area contributed by atoms with Crippen molar-refractivity contribution in [3.05, 3.63) is 77.6 Å². The van der Waals surface area contributed by atoms with Crippen molar-refractivity contribution in [2.45, 2.75) is 24.8 Å². The molecule has 0 saturated carbocycles. The molecule has 142 valence electrons. The highest BCUT2D eigenvalue weighted by Crippen LogP contribution is 2.18. The maximum atomic E-state index is 12.7. The minimum absolute atomic E-state index is 0.207. The van der Waals surface area contributed by atoms with Gasteiger partial charge in [-0.15, -0.1) is 0 Å². The zero-order chi connectivity index (χ0) is 19.3. The van der Waals surface area contributed by atoms with Crippen molar-refractivity contribution in [1.29, 1.82) is 0 Å². The van der Waals surface area contributed by atoms with Crippen LogP contribution in [0.15, 0.2) is 65.7 Å². The Morgan fingerprint density at radius 3 is 2.52 bits per heavy atom. The van der Waals surface area contributed by atoms with Gasteiger partial charge < -0.3 is 4.74 Å². The molecule has 2 aromatic carbocycles. The average molecular weight is 385 g/mol. The number of sulfonamides is 1. The van der Waals surface area contributed by atoms with Crippen LogP contribution in [0.4, 0.5) is 0 Å². The fourth-order valence-corrected chi connectivity index (χ4v) is 4.14. The van der Waals surface area contributed by atoms with Crippen LogP contribution < -0.4 is 9.46 Å². The molecule has 7 heteroatoms. The van der Waals surface area contributed by atoms with Crippen LogP contribution in [0.3, 0.4) is 0 Å². The van der Waals surface area contributed by atoms with E-state index in [1.54, 1.807) is 24.9 Å². The SMILES string of the molecule is COc1ccccc1CCNS(=O)(=O)c1cn(Cc2ccccc2)nc1C. The smallest absolute Gasteiger partial charge is 0.243 e. The molecule has 0 aliphatic heterocycles. The number of aromatic nitrogens is 2. The first-order chi connectivity index (χ1) is 13.0. The summed E-state index contributed by atoms with van der Waals surface area (Å²) in [7, 11) is -2.02. The molecule has 3 rings (SSSR count). The van der Waals surface area contributed by atoms with Crippen molar-refractivity contribution in [2.24, 2.45) is 0 Å². The number of hydrogen-bond donors (Lipinski definition) is 1. The van der Waals surface area contributed by atoms with Crippen molar-refractivity contribution in [3.8, 4) is 5.75 Å². The molecule has 0 amide bonds. The third-order valence-corrected chi connectivity index (χ3v) is 5.82. The van der Waals surface area contributed by atoms with Gasteiger partial charge in [0.15, 0.2) is 0 Å². The summed E-state index contributed by atoms with van der Waals surface area (Å²) in [4.78, 5) is 0.207. The van der Waals surface area contributed by atoms with Crippen LogP contribution in [0.1, 0.15) is 16.8 Å². The van der Waals surface area contributed by atoms with Gasteiger partial charge in [0, 0.05) is 12.7 Å². The van der Waals surface area contributed by atoms with E-state index in [0.717, 1.165) is 16.9 Å². The molecule has 0 radical (unpaired) electrons. The molecule has 0 aliphatic carbocycles. The van der Waals surface area contributed by atoms with Crippen LogP contribution >= 0.6 is 0 Å². The number of nitrogens with zero attached hydrogens (tertiary/aromatic N) is 2. The minimum atomic E-state index is -3.63. The Bertz CT molecular complexity index is 998. The molecule has 1 heterocycles. The minimum Gasteiger partial charge on any atom is -0.496 e. The van der Waals surface area contributed by atoms with E-state index in [1.807, 2.05) is 54.6 Å². The van der Waals surface area contributed by atoms with Gasteiger partial charge in [-0.2, -0.15) is 5.10 Å². The number of ether oxygens (including phenoxy) is 1. The summed E-state index contributed by atoms with van der Waals surface area (Å²) in [5, 5.41) is 4.34. The number of para-hydroxylation sites is 1. The Hall–Kier alpha value is -2.64. The average Bonchev–Trinajstić information content (AvgIpc) is 3.04. The molecular weight excluding hydrogens is 362 g/mol. The molecule has 0 fully saturated rings. The van der Waals surface area contributed by atoms with Crippen molar-refractivity contribution >= 4 is 10.0 Å². The molecule has 0 spiro atoms. The van der Waals surface area contributed by atoms with Crippen LogP contribution in [0.5, 0.6) is 5.75 Å². The lowest BCUT2D eigenvalue weighted by atomic mass is 10.1. The first-order valence-electron chi connectivity index (χ1n) is 8.69. The highest BCUT2D eigenvalue weighted by atomic mass is 32.2. The van der Waals surface area contributed by atoms with E-state index < -0.39 is 10.0 Å². The number of hydrogen-bond acceptors (Lipinski definition) is 4. The summed E-state index contributed by atoms with van der Waals surface area (Å²) in [6, 6.07) is 17.4. The first-order valence-corrected chi connectivity index (χ1v) is 10.2. The second-order valence-corrected chi connectivity index (χ2v) is 7.96. The Labute approximate surface area is 159 Å². The van der Waals surface area contributed by atoms with Crippen LogP contribution in [0, 0.1) is 6.92 Å². The van der Waals surface area contributed by atoms with Gasteiger partial charge in [0.05, 0.1) is 19.3 Å². The van der Waals surface area contributed by atoms with Gasteiger partial charge in [-0.3, -0.25) is 4.68 Å². The van der Waals surface area contributed by atoms with Gasteiger partial charge in [-0.05, 0) is 30.5 Å². The monoisotopic (exact) mass is 385 g/mol. The van der Waals surface area contributed by atoms with Crippen molar-refractivity contribution in [2.75, 3.05) is 13.7 Å². The topological polar surface area (TPSA) is 73.2 Å². The second-order valence-electron chi connectivity index (χ2n) is 6.22. The van der Waals surface area contributed by atoms with Crippen LogP contribution in [0.2, 0.25) is 0 Å². The summed E-state index contributed by atoms with van der Waals surface area (Å²) < 4.78 is 34.9. The van der Waals surface area contributed by atoms with E-state index in [4.69, 9.17) is 4.74 Å². The molecule has 0 bridgehead atoms. The lowest BCUT2D eigenvalue weighted by Crippen LogP contribution is -2.26. The Morgan fingerprint density at radius 1 is 1.07 bits per heavy atom. The fourth-order valence-electron chi connectivity index (χ4n) is 2.92. The Balaban J connectivity index is 1.68. The van der Waals surface area contributed by atoms with Gasteiger partial charge in [-0.25, -0.2) is 13.1 Å². The number of aryl methyl sites for hydroxylation is 1. The fraction of sp³-hybridized carbons (Fsp3) is 0.250. The molecule has 0 atom stereocenters. The van der Waals surface area contributed by atoms with E-state index in [9.17, 15) is 8.42 Å². The van der Waals surface area contributed by atoms with Crippen molar-refractivity contribution < 1.29 is 13.2 Å². The van der Waals surface area contributed by atoms with Gasteiger partial charge in [0.25, 0.3) is 0 Å². The standard InChI is InChI=1S/C20H23N3O3S/c1-16-20(15-23(22-16)14-17-8-4-3-5-9-17)27(24,25)21-13-12-18-10-6-7-11-19(18)26-2/h3-11,15,21H,12-14H2,1-2H3. The van der Waals surface area contributed by atoms with Gasteiger partial charge in [0.2, 0.25) is 10.0 Å². The number of rotatable bonds is 8. The third kappa shape index (κ3) is 4.75. The summed E-state index contributed by atoms with van der Waals surface area (Å²) >= 11 is 0. The Morgan fingerprint density at radius 2 is 1.78 bits per heavy atom. The molecule has 3 aromatic rings.